The van der Waals surface area contributed by atoms with Crippen LogP contribution in [-0.2, 0) is 4.79 Å². The molecule has 6 nitrogen and oxygen atoms in total. The summed E-state index contributed by atoms with van der Waals surface area (Å²) in [5.41, 5.74) is 2.32. The summed E-state index contributed by atoms with van der Waals surface area (Å²) in [4.78, 5) is 15.9. The first-order valence-corrected chi connectivity index (χ1v) is 10.5. The lowest BCUT2D eigenvalue weighted by atomic mass is 10.1. The predicted octanol–water partition coefficient (Wildman–Crippen LogP) is 6.12. The monoisotopic (exact) mass is 474 g/mol. The van der Waals surface area contributed by atoms with Crippen molar-refractivity contribution in [2.45, 2.75) is 6.92 Å². The highest BCUT2D eigenvalue weighted by Crippen LogP contribution is 2.40. The van der Waals surface area contributed by atoms with Crippen LogP contribution in [0.25, 0.3) is 22.9 Å². The van der Waals surface area contributed by atoms with Gasteiger partial charge < -0.3 is 14.2 Å². The van der Waals surface area contributed by atoms with E-state index in [0.717, 1.165) is 5.56 Å². The van der Waals surface area contributed by atoms with Crippen molar-refractivity contribution in [3.63, 3.8) is 0 Å². The molecule has 158 valence electrons. The summed E-state index contributed by atoms with van der Waals surface area (Å²) >= 11 is 13.5. The standard InChI is InChI=1S/C22H16Cl2N2O4S/c1-12(27)30-21-19(28-2)7-13(8-20(21)29-3)6-14(10-25)22-26-18(11-31-22)16-5-4-15(23)9-17(16)24/h4-9,11H,1-3H3/b14-6+. The Labute approximate surface area is 193 Å². The minimum absolute atomic E-state index is 0.169. The van der Waals surface area contributed by atoms with E-state index in [1.54, 1.807) is 36.4 Å². The number of aromatic nitrogens is 1. The Bertz CT molecular complexity index is 1190. The number of allylic oxidation sites excluding steroid dienone is 1. The molecule has 0 aliphatic rings. The van der Waals surface area contributed by atoms with Crippen LogP contribution in [0, 0.1) is 11.3 Å². The molecule has 0 fully saturated rings. The quantitative estimate of drug-likeness (QED) is 0.243. The Hall–Kier alpha value is -3.05. The molecule has 0 N–H and O–H groups in total. The molecule has 1 aromatic heterocycles. The van der Waals surface area contributed by atoms with Crippen molar-refractivity contribution in [2.75, 3.05) is 14.2 Å². The lowest BCUT2D eigenvalue weighted by Gasteiger charge is -2.13. The van der Waals surface area contributed by atoms with Crippen molar-refractivity contribution < 1.29 is 19.0 Å². The van der Waals surface area contributed by atoms with Gasteiger partial charge in [-0.15, -0.1) is 11.3 Å². The zero-order valence-electron chi connectivity index (χ0n) is 16.7. The number of halogens is 2. The second-order valence-corrected chi connectivity index (χ2v) is 7.88. The molecule has 0 spiro atoms. The Morgan fingerprint density at radius 2 is 1.84 bits per heavy atom. The second-order valence-electron chi connectivity index (χ2n) is 6.18. The summed E-state index contributed by atoms with van der Waals surface area (Å²) in [6.45, 7) is 1.29. The van der Waals surface area contributed by atoms with Gasteiger partial charge in [0.15, 0.2) is 11.5 Å². The third kappa shape index (κ3) is 5.17. The normalized spacial score (nSPS) is 11.0. The van der Waals surface area contributed by atoms with Gasteiger partial charge in [0.25, 0.3) is 0 Å². The highest BCUT2D eigenvalue weighted by molar-refractivity contribution is 7.11. The fourth-order valence-corrected chi connectivity index (χ4v) is 4.05. The average Bonchev–Trinajstić information content (AvgIpc) is 3.21. The van der Waals surface area contributed by atoms with Gasteiger partial charge in [0, 0.05) is 22.9 Å². The number of nitrogens with zero attached hydrogens (tertiary/aromatic N) is 2. The van der Waals surface area contributed by atoms with Gasteiger partial charge in [-0.05, 0) is 42.0 Å². The number of methoxy groups -OCH3 is 2. The van der Waals surface area contributed by atoms with Crippen LogP contribution in [0.3, 0.4) is 0 Å². The predicted molar refractivity (Wildman–Crippen MR) is 122 cm³/mol. The summed E-state index contributed by atoms with van der Waals surface area (Å²) in [6.07, 6.45) is 1.65. The lowest BCUT2D eigenvalue weighted by Crippen LogP contribution is -2.05. The summed E-state index contributed by atoms with van der Waals surface area (Å²) in [5.74, 6) is 0.257. The van der Waals surface area contributed by atoms with Crippen LogP contribution in [0.15, 0.2) is 35.7 Å². The van der Waals surface area contributed by atoms with Gasteiger partial charge >= 0.3 is 5.97 Å². The zero-order chi connectivity index (χ0) is 22.5. The van der Waals surface area contributed by atoms with Gasteiger partial charge in [-0.1, -0.05) is 23.2 Å². The molecule has 0 saturated heterocycles. The molecule has 0 atom stereocenters. The first-order chi connectivity index (χ1) is 14.9. The van der Waals surface area contributed by atoms with E-state index in [1.807, 2.05) is 5.38 Å². The molecular weight excluding hydrogens is 459 g/mol. The van der Waals surface area contributed by atoms with Crippen LogP contribution in [-0.4, -0.2) is 25.2 Å². The van der Waals surface area contributed by atoms with Crippen molar-refractivity contribution in [3.8, 4) is 34.6 Å². The van der Waals surface area contributed by atoms with Crippen LogP contribution in [0.1, 0.15) is 17.5 Å². The topological polar surface area (TPSA) is 81.4 Å². The van der Waals surface area contributed by atoms with E-state index in [9.17, 15) is 10.1 Å². The number of nitriles is 1. The molecule has 3 rings (SSSR count). The number of rotatable bonds is 6. The van der Waals surface area contributed by atoms with Gasteiger partial charge in [-0.2, -0.15) is 5.26 Å². The van der Waals surface area contributed by atoms with Crippen LogP contribution in [0.4, 0.5) is 0 Å². The molecule has 9 heteroatoms. The summed E-state index contributed by atoms with van der Waals surface area (Å²) < 4.78 is 15.8. The van der Waals surface area contributed by atoms with Crippen LogP contribution in [0.2, 0.25) is 10.0 Å². The molecule has 0 radical (unpaired) electrons. The van der Waals surface area contributed by atoms with Crippen LogP contribution < -0.4 is 14.2 Å². The van der Waals surface area contributed by atoms with Crippen molar-refractivity contribution in [1.29, 1.82) is 5.26 Å². The molecule has 0 aliphatic heterocycles. The van der Waals surface area contributed by atoms with Gasteiger partial charge in [-0.25, -0.2) is 4.98 Å². The van der Waals surface area contributed by atoms with E-state index >= 15 is 0 Å². The summed E-state index contributed by atoms with van der Waals surface area (Å²) in [5, 5.41) is 13.1. The third-order valence-corrected chi connectivity index (χ3v) is 5.53. The van der Waals surface area contributed by atoms with Crippen LogP contribution in [0.5, 0.6) is 17.2 Å². The third-order valence-electron chi connectivity index (χ3n) is 4.10. The maximum atomic E-state index is 11.4. The molecule has 0 unspecified atom stereocenters. The van der Waals surface area contributed by atoms with E-state index in [0.29, 0.717) is 43.4 Å². The minimum atomic E-state index is -0.506. The number of carbonyl (C=O) groups excluding carboxylic acids is 1. The molecule has 0 amide bonds. The molecular formula is C22H16Cl2N2O4S. The van der Waals surface area contributed by atoms with Gasteiger partial charge in [0.1, 0.15) is 11.1 Å². The van der Waals surface area contributed by atoms with Gasteiger partial charge in [0.05, 0.1) is 30.5 Å². The first-order valence-electron chi connectivity index (χ1n) is 8.83. The maximum absolute atomic E-state index is 11.4. The van der Waals surface area contributed by atoms with E-state index in [1.165, 1.54) is 32.5 Å². The van der Waals surface area contributed by atoms with E-state index in [2.05, 4.69) is 11.1 Å². The minimum Gasteiger partial charge on any atom is -0.493 e. The Balaban J connectivity index is 2.02. The molecule has 0 bridgehead atoms. The SMILES string of the molecule is COc1cc(/C=C(\C#N)c2nc(-c3ccc(Cl)cc3Cl)cs2)cc(OC)c1OC(C)=O. The number of carbonyl (C=O) groups is 1. The average molecular weight is 475 g/mol. The second kappa shape index (κ2) is 9.84. The van der Waals surface area contributed by atoms with Gasteiger partial charge in [-0.3, -0.25) is 4.79 Å². The highest BCUT2D eigenvalue weighted by Gasteiger charge is 2.17. The maximum Gasteiger partial charge on any atom is 0.308 e. The fraction of sp³-hybridized carbons (Fsp3) is 0.136. The number of thiazole rings is 1. The summed E-state index contributed by atoms with van der Waals surface area (Å²) in [6, 6.07) is 10.6. The van der Waals surface area contributed by atoms with Crippen molar-refractivity contribution in [1.82, 2.24) is 4.98 Å². The molecule has 2 aromatic carbocycles. The lowest BCUT2D eigenvalue weighted by molar-refractivity contribution is -0.132. The molecule has 3 aromatic rings. The number of hydrogen-bond donors (Lipinski definition) is 0. The van der Waals surface area contributed by atoms with Crippen LogP contribution >= 0.6 is 34.5 Å². The van der Waals surface area contributed by atoms with Crippen molar-refractivity contribution >= 4 is 52.2 Å². The number of ether oxygens (including phenoxy) is 3. The molecule has 0 aliphatic carbocycles. The van der Waals surface area contributed by atoms with Gasteiger partial charge in [0.2, 0.25) is 5.75 Å². The Kier molecular flexibility index (Phi) is 7.18. The number of esters is 1. The molecule has 1 heterocycles. The Morgan fingerprint density at radius 3 is 2.39 bits per heavy atom. The number of benzene rings is 2. The zero-order valence-corrected chi connectivity index (χ0v) is 19.1. The Morgan fingerprint density at radius 1 is 1.16 bits per heavy atom. The van der Waals surface area contributed by atoms with Crippen molar-refractivity contribution in [2.24, 2.45) is 0 Å². The molecule has 31 heavy (non-hydrogen) atoms. The highest BCUT2D eigenvalue weighted by atomic mass is 35.5. The van der Waals surface area contributed by atoms with Crippen molar-refractivity contribution in [3.05, 3.63) is 56.3 Å². The van der Waals surface area contributed by atoms with E-state index in [-0.39, 0.29) is 5.75 Å². The van der Waals surface area contributed by atoms with E-state index < -0.39 is 5.97 Å². The smallest absolute Gasteiger partial charge is 0.308 e. The van der Waals surface area contributed by atoms with E-state index in [4.69, 9.17) is 37.4 Å². The summed E-state index contributed by atoms with van der Waals surface area (Å²) in [7, 11) is 2.90. The number of hydrogen-bond acceptors (Lipinski definition) is 7. The molecule has 0 saturated carbocycles. The fourth-order valence-electron chi connectivity index (χ4n) is 2.75. The largest absolute Gasteiger partial charge is 0.493 e. The first kappa shape index (κ1) is 22.6.